The number of aliphatic imine (C=N–C) groups is 1. The number of anilines is 1. The van der Waals surface area contributed by atoms with Crippen molar-refractivity contribution in [3.63, 3.8) is 0 Å². The van der Waals surface area contributed by atoms with Gasteiger partial charge in [0.15, 0.2) is 5.96 Å². The molecule has 2 aromatic rings. The molecule has 148 valence electrons. The number of aryl methyl sites for hydroxylation is 1. The largest absolute Gasteiger partial charge is 0.356 e. The van der Waals surface area contributed by atoms with Gasteiger partial charge in [0, 0.05) is 63.9 Å². The predicted octanol–water partition coefficient (Wildman–Crippen LogP) is 2.71. The fourth-order valence-electron chi connectivity index (χ4n) is 2.83. The Morgan fingerprint density at radius 3 is 2.67 bits per heavy atom. The monoisotopic (exact) mass is 521 g/mol. The highest BCUT2D eigenvalue weighted by Crippen LogP contribution is 2.19. The van der Waals surface area contributed by atoms with Crippen LogP contribution in [0.3, 0.4) is 0 Å². The van der Waals surface area contributed by atoms with Gasteiger partial charge in [0.05, 0.1) is 0 Å². The van der Waals surface area contributed by atoms with Crippen LogP contribution in [-0.2, 0) is 12.8 Å². The summed E-state index contributed by atoms with van der Waals surface area (Å²) in [5, 5.41) is 4.99. The first-order valence-electron chi connectivity index (χ1n) is 8.83. The molecule has 2 aromatic heterocycles. The first kappa shape index (κ1) is 22.1. The van der Waals surface area contributed by atoms with E-state index >= 15 is 0 Å². The van der Waals surface area contributed by atoms with Crippen LogP contribution in [0.4, 0.5) is 5.13 Å². The van der Waals surface area contributed by atoms with Crippen LogP contribution in [0, 0.1) is 0 Å². The minimum atomic E-state index is 0. The lowest BCUT2D eigenvalue weighted by Crippen LogP contribution is -2.52. The molecule has 0 aliphatic carbocycles. The lowest BCUT2D eigenvalue weighted by atomic mass is 10.2. The Bertz CT molecular complexity index is 729. The molecule has 1 aliphatic heterocycles. The van der Waals surface area contributed by atoms with Crippen LogP contribution < -0.4 is 10.2 Å². The number of halogens is 2. The van der Waals surface area contributed by atoms with Gasteiger partial charge in [0.1, 0.15) is 11.0 Å². The van der Waals surface area contributed by atoms with E-state index in [-0.39, 0.29) is 24.0 Å². The number of guanidine groups is 1. The second-order valence-electron chi connectivity index (χ2n) is 6.03. The molecule has 0 radical (unpaired) electrons. The molecule has 3 rings (SSSR count). The van der Waals surface area contributed by atoms with Crippen molar-refractivity contribution in [3.8, 4) is 0 Å². The van der Waals surface area contributed by atoms with Crippen LogP contribution in [-0.4, -0.2) is 65.0 Å². The molecule has 1 saturated heterocycles. The number of hydrogen-bond acceptors (Lipinski definition) is 6. The number of hydrogen-bond donors (Lipinski definition) is 1. The van der Waals surface area contributed by atoms with Gasteiger partial charge in [0.2, 0.25) is 5.13 Å². The van der Waals surface area contributed by atoms with Crippen LogP contribution in [0.2, 0.25) is 5.15 Å². The summed E-state index contributed by atoms with van der Waals surface area (Å²) in [6, 6.07) is 3.83. The van der Waals surface area contributed by atoms with E-state index in [4.69, 9.17) is 11.6 Å². The van der Waals surface area contributed by atoms with Crippen LogP contribution in [0.5, 0.6) is 0 Å². The molecule has 1 fully saturated rings. The Labute approximate surface area is 186 Å². The molecule has 0 amide bonds. The molecule has 0 atom stereocenters. The Morgan fingerprint density at radius 2 is 2.07 bits per heavy atom. The van der Waals surface area contributed by atoms with Gasteiger partial charge in [-0.05, 0) is 18.1 Å². The van der Waals surface area contributed by atoms with Gasteiger partial charge in [-0.1, -0.05) is 24.6 Å². The maximum Gasteiger partial charge on any atom is 0.205 e. The number of nitrogens with one attached hydrogen (secondary N) is 1. The van der Waals surface area contributed by atoms with Crippen LogP contribution in [0.1, 0.15) is 18.3 Å². The number of nitrogens with zero attached hydrogens (tertiary/aromatic N) is 6. The standard InChI is InChI=1S/C17H24ClN7S.HI/c1-3-15-22-17(26-23-15)25-10-8-24(9-11-25)16(19-2)20-7-6-13-4-5-14(18)21-12-13;/h4-5,12H,3,6-11H2,1-2H3,(H,19,20);1H. The molecule has 1 N–H and O–H groups in total. The molecule has 0 aromatic carbocycles. The summed E-state index contributed by atoms with van der Waals surface area (Å²) in [4.78, 5) is 17.7. The Balaban J connectivity index is 0.00000261. The minimum absolute atomic E-state index is 0. The number of aromatic nitrogens is 3. The van der Waals surface area contributed by atoms with Crippen LogP contribution >= 0.6 is 47.1 Å². The van der Waals surface area contributed by atoms with E-state index in [0.29, 0.717) is 5.15 Å². The number of rotatable bonds is 5. The average Bonchev–Trinajstić information content (AvgIpc) is 3.16. The molecule has 0 spiro atoms. The zero-order valence-electron chi connectivity index (χ0n) is 15.6. The van der Waals surface area contributed by atoms with E-state index in [0.717, 1.165) is 68.0 Å². The van der Waals surface area contributed by atoms with Crippen molar-refractivity contribution in [1.82, 2.24) is 24.6 Å². The van der Waals surface area contributed by atoms with E-state index in [1.165, 1.54) is 11.5 Å². The zero-order chi connectivity index (χ0) is 18.4. The molecule has 7 nitrogen and oxygen atoms in total. The van der Waals surface area contributed by atoms with E-state index in [9.17, 15) is 0 Å². The van der Waals surface area contributed by atoms with Crippen LogP contribution in [0.15, 0.2) is 23.3 Å². The highest BCUT2D eigenvalue weighted by atomic mass is 127. The maximum absolute atomic E-state index is 5.82. The number of piperazine rings is 1. The smallest absolute Gasteiger partial charge is 0.205 e. The Kier molecular flexibility index (Phi) is 8.97. The normalized spacial score (nSPS) is 14.9. The van der Waals surface area contributed by atoms with Gasteiger partial charge in [-0.25, -0.2) is 9.97 Å². The van der Waals surface area contributed by atoms with E-state index in [1.54, 1.807) is 0 Å². The number of pyridine rings is 1. The summed E-state index contributed by atoms with van der Waals surface area (Å²) >= 11 is 7.32. The molecule has 0 unspecified atom stereocenters. The van der Waals surface area contributed by atoms with E-state index < -0.39 is 0 Å². The SMILES string of the molecule is CCc1nsc(N2CCN(C(=NC)NCCc3ccc(Cl)nc3)CC2)n1.I. The molecule has 27 heavy (non-hydrogen) atoms. The fraction of sp³-hybridized carbons (Fsp3) is 0.529. The molecular formula is C17H25ClIN7S. The first-order valence-corrected chi connectivity index (χ1v) is 9.98. The molecule has 1 aliphatic rings. The van der Waals surface area contributed by atoms with E-state index in [1.807, 2.05) is 25.4 Å². The summed E-state index contributed by atoms with van der Waals surface area (Å²) in [6.07, 6.45) is 3.59. The highest BCUT2D eigenvalue weighted by Gasteiger charge is 2.21. The van der Waals surface area contributed by atoms with Gasteiger partial charge < -0.3 is 15.1 Å². The van der Waals surface area contributed by atoms with Crippen molar-refractivity contribution < 1.29 is 0 Å². The summed E-state index contributed by atoms with van der Waals surface area (Å²) in [6.45, 7) is 6.60. The van der Waals surface area contributed by atoms with Gasteiger partial charge >= 0.3 is 0 Å². The second kappa shape index (κ2) is 11.0. The summed E-state index contributed by atoms with van der Waals surface area (Å²) in [7, 11) is 1.83. The Hall–Kier alpha value is -1.20. The Morgan fingerprint density at radius 1 is 1.30 bits per heavy atom. The first-order chi connectivity index (χ1) is 12.7. The minimum Gasteiger partial charge on any atom is -0.356 e. The van der Waals surface area contributed by atoms with E-state index in [2.05, 4.69) is 41.4 Å². The molecule has 0 bridgehead atoms. The molecular weight excluding hydrogens is 497 g/mol. The third-order valence-corrected chi connectivity index (χ3v) is 5.36. The zero-order valence-corrected chi connectivity index (χ0v) is 19.5. The van der Waals surface area contributed by atoms with Gasteiger partial charge in [-0.2, -0.15) is 4.37 Å². The van der Waals surface area contributed by atoms with Crippen molar-refractivity contribution in [2.45, 2.75) is 19.8 Å². The van der Waals surface area contributed by atoms with Gasteiger partial charge in [0.25, 0.3) is 0 Å². The topological polar surface area (TPSA) is 69.5 Å². The summed E-state index contributed by atoms with van der Waals surface area (Å²) in [5.74, 6) is 1.87. The fourth-order valence-corrected chi connectivity index (χ4v) is 3.74. The lowest BCUT2D eigenvalue weighted by molar-refractivity contribution is 0.372. The lowest BCUT2D eigenvalue weighted by Gasteiger charge is -2.36. The van der Waals surface area contributed by atoms with Gasteiger partial charge in [-0.15, -0.1) is 24.0 Å². The molecule has 10 heteroatoms. The highest BCUT2D eigenvalue weighted by molar-refractivity contribution is 14.0. The third kappa shape index (κ3) is 6.15. The maximum atomic E-state index is 5.82. The van der Waals surface area contributed by atoms with Crippen molar-refractivity contribution in [2.24, 2.45) is 4.99 Å². The van der Waals surface area contributed by atoms with Crippen LogP contribution in [0.25, 0.3) is 0 Å². The van der Waals surface area contributed by atoms with Crippen molar-refractivity contribution in [3.05, 3.63) is 34.9 Å². The van der Waals surface area contributed by atoms with Gasteiger partial charge in [-0.3, -0.25) is 4.99 Å². The second-order valence-corrected chi connectivity index (χ2v) is 7.15. The molecule has 3 heterocycles. The predicted molar refractivity (Wildman–Crippen MR) is 123 cm³/mol. The third-order valence-electron chi connectivity index (χ3n) is 4.32. The quantitative estimate of drug-likeness (QED) is 0.282. The summed E-state index contributed by atoms with van der Waals surface area (Å²) < 4.78 is 4.38. The molecule has 0 saturated carbocycles. The summed E-state index contributed by atoms with van der Waals surface area (Å²) in [5.41, 5.74) is 1.16. The van der Waals surface area contributed by atoms with Crippen molar-refractivity contribution in [1.29, 1.82) is 0 Å². The van der Waals surface area contributed by atoms with Crippen molar-refractivity contribution in [2.75, 3.05) is 44.7 Å². The average molecular weight is 522 g/mol. The van der Waals surface area contributed by atoms with Crippen molar-refractivity contribution >= 4 is 58.2 Å².